The van der Waals surface area contributed by atoms with Crippen molar-refractivity contribution in [1.82, 2.24) is 4.90 Å². The average Bonchev–Trinajstić information content (AvgIpc) is 3.03. The van der Waals surface area contributed by atoms with Gasteiger partial charge in [0, 0.05) is 25.5 Å². The van der Waals surface area contributed by atoms with Crippen LogP contribution in [0.25, 0.3) is 0 Å². The largest absolute Gasteiger partial charge is 0.399 e. The summed E-state index contributed by atoms with van der Waals surface area (Å²) in [7, 11) is 4.01. The van der Waals surface area contributed by atoms with Crippen molar-refractivity contribution in [2.24, 2.45) is 5.73 Å². The van der Waals surface area contributed by atoms with Gasteiger partial charge in [0.1, 0.15) is 5.82 Å². The number of nitrogens with zero attached hydrogens (tertiary/aromatic N) is 1. The molecular weight excluding hydrogens is 626 g/mol. The Morgan fingerprint density at radius 2 is 1.37 bits per heavy atom. The Morgan fingerprint density at radius 3 is 1.63 bits per heavy atom. The summed E-state index contributed by atoms with van der Waals surface area (Å²) < 4.78 is 13.3. The Hall–Kier alpha value is -3.95. The number of primary amides is 1. The lowest BCUT2D eigenvalue weighted by Crippen LogP contribution is -2.11. The fourth-order valence-corrected chi connectivity index (χ4v) is 3.67. The minimum Gasteiger partial charge on any atom is -0.399 e. The first-order valence-corrected chi connectivity index (χ1v) is 17.6. The number of hydrogen-bond acceptors (Lipinski definition) is 4. The quantitative estimate of drug-likeness (QED) is 0.125. The van der Waals surface area contributed by atoms with Crippen molar-refractivity contribution in [3.05, 3.63) is 123 Å². The number of unbranched alkanes of at least 4 members (excludes halogenated alkanes) is 1. The molecule has 1 amide bonds. The summed E-state index contributed by atoms with van der Waals surface area (Å²) in [6.07, 6.45) is 11.0. The molecule has 6 heteroatoms. The van der Waals surface area contributed by atoms with E-state index in [1.165, 1.54) is 41.4 Å². The van der Waals surface area contributed by atoms with Gasteiger partial charge in [-0.05, 0) is 125 Å². The van der Waals surface area contributed by atoms with Crippen LogP contribution in [-0.4, -0.2) is 24.9 Å². The highest BCUT2D eigenvalue weighted by Gasteiger charge is 2.05. The molecule has 0 heterocycles. The molecule has 4 nitrogen and oxygen atoms in total. The van der Waals surface area contributed by atoms with Crippen molar-refractivity contribution in [2.75, 3.05) is 19.8 Å². The molecule has 0 aromatic heterocycles. The first-order valence-electron chi connectivity index (χ1n) is 16.7. The van der Waals surface area contributed by atoms with Gasteiger partial charge in [-0.2, -0.15) is 0 Å². The second kappa shape index (κ2) is 31.3. The predicted octanol–water partition coefficient (Wildman–Crippen LogP) is 12.0. The molecule has 0 bridgehead atoms. The Morgan fingerprint density at radius 1 is 0.898 bits per heavy atom. The molecule has 0 aliphatic heterocycles. The maximum Gasteiger partial charge on any atom is 0.255 e. The summed E-state index contributed by atoms with van der Waals surface area (Å²) in [4.78, 5) is 13.5. The van der Waals surface area contributed by atoms with Crippen LogP contribution in [0.15, 0.2) is 88.9 Å². The zero-order valence-corrected chi connectivity index (χ0v) is 34.2. The van der Waals surface area contributed by atoms with E-state index in [-0.39, 0.29) is 5.82 Å². The molecule has 2 rings (SSSR count). The fourth-order valence-electron chi connectivity index (χ4n) is 2.92. The molecule has 49 heavy (non-hydrogen) atoms. The summed E-state index contributed by atoms with van der Waals surface area (Å²) in [6, 6.07) is 9.73. The van der Waals surface area contributed by atoms with Crippen LogP contribution >= 0.6 is 11.8 Å². The number of allylic oxidation sites excluding steroid dienone is 5. The maximum absolute atomic E-state index is 13.3. The van der Waals surface area contributed by atoms with Gasteiger partial charge in [0.05, 0.1) is 4.91 Å². The molecule has 4 N–H and O–H groups in total. The topological polar surface area (TPSA) is 72.4 Å². The third-order valence-corrected chi connectivity index (χ3v) is 7.55. The minimum absolute atomic E-state index is 0.0347. The van der Waals surface area contributed by atoms with E-state index >= 15 is 0 Å². The number of halogens is 1. The number of thioether (sulfide) groups is 1. The third-order valence-electron chi connectivity index (χ3n) is 6.38. The molecule has 0 saturated heterocycles. The van der Waals surface area contributed by atoms with Crippen LogP contribution in [0.5, 0.6) is 0 Å². The van der Waals surface area contributed by atoms with Crippen LogP contribution in [0.3, 0.4) is 0 Å². The predicted molar refractivity (Wildman–Crippen MR) is 222 cm³/mol. The Bertz CT molecular complexity index is 1390. The lowest BCUT2D eigenvalue weighted by atomic mass is 10.0. The highest BCUT2D eigenvalue weighted by Crippen LogP contribution is 2.20. The van der Waals surface area contributed by atoms with E-state index < -0.39 is 5.91 Å². The number of aryl methyl sites for hydroxylation is 4. The number of nitrogen functional groups attached to an aromatic ring is 1. The molecule has 274 valence electrons. The SMILES string of the molecule is C#CC(=C)C.C=C(C)/C=C(/SC=C(C)C)C(N)=O.C=C(CC)N(C)C.CCCC.CCc1c(C)ccc(C)c1F.Cc1ccc(N)cc1C. The van der Waals surface area contributed by atoms with E-state index in [2.05, 4.69) is 60.3 Å². The lowest BCUT2D eigenvalue weighted by molar-refractivity contribution is -0.113. The van der Waals surface area contributed by atoms with Crippen molar-refractivity contribution >= 4 is 23.4 Å². The molecule has 0 atom stereocenters. The third kappa shape index (κ3) is 31.1. The Balaban J connectivity index is -0.000000258. The molecule has 0 saturated carbocycles. The van der Waals surface area contributed by atoms with Crippen molar-refractivity contribution in [3.8, 4) is 12.3 Å². The van der Waals surface area contributed by atoms with Crippen LogP contribution < -0.4 is 11.5 Å². The summed E-state index contributed by atoms with van der Waals surface area (Å²) in [5, 5.41) is 1.89. The van der Waals surface area contributed by atoms with Crippen LogP contribution in [-0.2, 0) is 11.2 Å². The van der Waals surface area contributed by atoms with Gasteiger partial charge in [-0.25, -0.2) is 4.39 Å². The van der Waals surface area contributed by atoms with Crippen molar-refractivity contribution in [1.29, 1.82) is 0 Å². The molecule has 0 spiro atoms. The number of amides is 1. The van der Waals surface area contributed by atoms with Crippen LogP contribution in [0.2, 0.25) is 0 Å². The van der Waals surface area contributed by atoms with Crippen LogP contribution in [0.1, 0.15) is 102 Å². The van der Waals surface area contributed by atoms with E-state index in [0.717, 1.165) is 51.9 Å². The zero-order valence-electron chi connectivity index (χ0n) is 33.4. The second-order valence-corrected chi connectivity index (χ2v) is 12.9. The van der Waals surface area contributed by atoms with Gasteiger partial charge in [0.2, 0.25) is 0 Å². The Labute approximate surface area is 305 Å². The molecule has 2 aromatic rings. The van der Waals surface area contributed by atoms with Gasteiger partial charge in [0.25, 0.3) is 5.91 Å². The molecule has 2 aromatic carbocycles. The fraction of sp³-hybridized carbons (Fsp3) is 0.419. The van der Waals surface area contributed by atoms with Crippen molar-refractivity contribution in [3.63, 3.8) is 0 Å². The van der Waals surface area contributed by atoms with E-state index in [4.69, 9.17) is 17.9 Å². The summed E-state index contributed by atoms with van der Waals surface area (Å²) in [5.41, 5.74) is 20.7. The average molecular weight is 694 g/mol. The number of anilines is 1. The smallest absolute Gasteiger partial charge is 0.255 e. The second-order valence-electron chi connectivity index (χ2n) is 12.0. The molecule has 0 unspecified atom stereocenters. The number of terminal acetylenes is 1. The highest BCUT2D eigenvalue weighted by molar-refractivity contribution is 8.06. The van der Waals surface area contributed by atoms with Crippen LogP contribution in [0, 0.1) is 45.9 Å². The number of carbonyl (C=O) groups is 1. The molecule has 0 radical (unpaired) electrons. The maximum atomic E-state index is 13.3. The normalized spacial score (nSPS) is 9.31. The van der Waals surface area contributed by atoms with Gasteiger partial charge in [0.15, 0.2) is 0 Å². The molecular formula is C43H68FN3OS. The number of hydrogen-bond donors (Lipinski definition) is 2. The van der Waals surface area contributed by atoms with Gasteiger partial charge in [-0.15, -0.1) is 6.42 Å². The number of rotatable bonds is 8. The highest BCUT2D eigenvalue weighted by atomic mass is 32.2. The molecule has 0 aliphatic rings. The molecule has 0 fully saturated rings. The van der Waals surface area contributed by atoms with Gasteiger partial charge in [-0.3, -0.25) is 4.79 Å². The Kier molecular flexibility index (Phi) is 33.2. The number of nitrogens with two attached hydrogens (primary N) is 2. The van der Waals surface area contributed by atoms with Gasteiger partial charge in [-0.1, -0.05) is 107 Å². The number of carbonyl (C=O) groups excluding carboxylic acids is 1. The van der Waals surface area contributed by atoms with Crippen molar-refractivity contribution < 1.29 is 9.18 Å². The van der Waals surface area contributed by atoms with Crippen molar-refractivity contribution in [2.45, 2.75) is 109 Å². The van der Waals surface area contributed by atoms with Gasteiger partial charge < -0.3 is 16.4 Å². The van der Waals surface area contributed by atoms with E-state index in [9.17, 15) is 9.18 Å². The summed E-state index contributed by atoms with van der Waals surface area (Å²) in [6.45, 7) is 34.8. The van der Waals surface area contributed by atoms with E-state index in [1.54, 1.807) is 19.9 Å². The first-order chi connectivity index (χ1) is 22.7. The summed E-state index contributed by atoms with van der Waals surface area (Å²) in [5.74, 6) is 1.89. The summed E-state index contributed by atoms with van der Waals surface area (Å²) >= 11 is 1.33. The standard InChI is InChI=1S/C10H13F.C10H15NOS.C8H11N.C6H13N.C5H6.C4H10/c1-4-9-7(2)5-6-8(3)10(9)11;1-7(2)5-9(10(11)12)13-6-8(3)4;1-6-3-4-8(9)5-7(6)2;1-5-6(2)7(3)4;1-4-5(2)3;1-3-4-2/h5-6H,4H2,1-3H3;5-6H,1H2,2-4H3,(H2,11,12);3-5H,9H2,1-2H3;2,5H2,1,3-4H3;1H,2H2,3H3;3-4H2,1-2H3/b;9-5+;;;;. The van der Waals surface area contributed by atoms with E-state index in [1.807, 2.05) is 89.4 Å². The van der Waals surface area contributed by atoms with Gasteiger partial charge >= 0.3 is 0 Å². The molecule has 0 aliphatic carbocycles. The van der Waals surface area contributed by atoms with E-state index in [0.29, 0.717) is 4.91 Å². The number of benzene rings is 2. The minimum atomic E-state index is -0.412. The first kappa shape index (κ1) is 51.9. The zero-order chi connectivity index (χ0) is 39.3. The lowest BCUT2D eigenvalue weighted by Gasteiger charge is -2.12. The van der Waals surface area contributed by atoms with Crippen LogP contribution in [0.4, 0.5) is 10.1 Å². The monoisotopic (exact) mass is 694 g/mol.